The van der Waals surface area contributed by atoms with Gasteiger partial charge in [0.1, 0.15) is 0 Å². The first-order valence-corrected chi connectivity index (χ1v) is 4.40. The summed E-state index contributed by atoms with van der Waals surface area (Å²) < 4.78 is 8.05. The van der Waals surface area contributed by atoms with Gasteiger partial charge < -0.3 is 0 Å². The molecule has 0 N–H and O–H groups in total. The summed E-state index contributed by atoms with van der Waals surface area (Å²) >= 11 is 0. The van der Waals surface area contributed by atoms with Crippen molar-refractivity contribution in [1.82, 2.24) is 0 Å². The SMILES string of the molecule is [3H]C(c1ccccc1)c1ccccc1. The number of rotatable bonds is 2. The van der Waals surface area contributed by atoms with Crippen LogP contribution in [0.3, 0.4) is 0 Å². The standard InChI is InChI=1S/C13H12/c1-3-7-12(8-4-1)11-13-9-5-2-6-10-13/h1-10H,11H2/i11T. The highest BCUT2D eigenvalue weighted by Gasteiger charge is 1.92. The van der Waals surface area contributed by atoms with Crippen LogP contribution in [0.1, 0.15) is 12.5 Å². The number of benzene rings is 2. The van der Waals surface area contributed by atoms with Crippen LogP contribution in [0, 0.1) is 0 Å². The molecule has 0 aliphatic heterocycles. The predicted molar refractivity (Wildman–Crippen MR) is 55.7 cm³/mol. The van der Waals surface area contributed by atoms with Gasteiger partial charge in [-0.2, -0.15) is 0 Å². The maximum atomic E-state index is 8.05. The Morgan fingerprint density at radius 3 is 1.46 bits per heavy atom. The average molecular weight is 170 g/mol. The second kappa shape index (κ2) is 3.90. The first-order valence-electron chi connectivity index (χ1n) is 4.98. The second-order valence-corrected chi connectivity index (χ2v) is 2.97. The van der Waals surface area contributed by atoms with E-state index in [4.69, 9.17) is 1.37 Å². The van der Waals surface area contributed by atoms with Crippen molar-refractivity contribution in [1.29, 1.82) is 0 Å². The summed E-state index contributed by atoms with van der Waals surface area (Å²) in [4.78, 5) is 0. The monoisotopic (exact) mass is 170 g/mol. The lowest BCUT2D eigenvalue weighted by Crippen LogP contribution is -1.85. The van der Waals surface area contributed by atoms with Crippen molar-refractivity contribution in [3.8, 4) is 0 Å². The molecule has 0 nitrogen and oxygen atoms in total. The Balaban J connectivity index is 2.30. The molecule has 0 spiro atoms. The molecule has 0 aromatic heterocycles. The number of hydrogen-bond donors (Lipinski definition) is 0. The third kappa shape index (κ3) is 2.19. The Kier molecular flexibility index (Phi) is 2.07. The van der Waals surface area contributed by atoms with E-state index in [0.717, 1.165) is 11.1 Å². The van der Waals surface area contributed by atoms with Crippen LogP contribution in [-0.2, 0) is 6.40 Å². The van der Waals surface area contributed by atoms with Crippen LogP contribution in [-0.4, -0.2) is 0 Å². The molecule has 0 amide bonds. The van der Waals surface area contributed by atoms with Crippen LogP contribution in [0.15, 0.2) is 60.7 Å². The molecule has 0 bridgehead atoms. The summed E-state index contributed by atoms with van der Waals surface area (Å²) in [7, 11) is 0. The molecular weight excluding hydrogens is 156 g/mol. The largest absolute Gasteiger partial charge is 0.0622 e. The van der Waals surface area contributed by atoms with Crippen molar-refractivity contribution >= 4 is 0 Å². The van der Waals surface area contributed by atoms with E-state index in [1.807, 2.05) is 60.7 Å². The molecule has 0 fully saturated rings. The van der Waals surface area contributed by atoms with E-state index in [2.05, 4.69) is 0 Å². The van der Waals surface area contributed by atoms with E-state index in [1.54, 1.807) is 0 Å². The maximum absolute atomic E-state index is 8.05. The molecule has 0 aliphatic carbocycles. The van der Waals surface area contributed by atoms with Crippen LogP contribution in [0.25, 0.3) is 0 Å². The summed E-state index contributed by atoms with van der Waals surface area (Å²) in [6.45, 7) is 0. The predicted octanol–water partition coefficient (Wildman–Crippen LogP) is 3.28. The highest BCUT2D eigenvalue weighted by atomic mass is 14.0. The molecule has 0 saturated carbocycles. The summed E-state index contributed by atoms with van der Waals surface area (Å²) in [6.07, 6.45) is -0.266. The normalized spacial score (nSPS) is 11.3. The summed E-state index contributed by atoms with van der Waals surface area (Å²) in [5.74, 6) is 0. The van der Waals surface area contributed by atoms with Gasteiger partial charge in [0.15, 0.2) is 0 Å². The highest BCUT2D eigenvalue weighted by molar-refractivity contribution is 5.25. The maximum Gasteiger partial charge on any atom is 0.0366 e. The fourth-order valence-electron chi connectivity index (χ4n) is 1.29. The van der Waals surface area contributed by atoms with Crippen molar-refractivity contribution in [2.45, 2.75) is 6.40 Å². The fraction of sp³-hybridized carbons (Fsp3) is 0.0769. The summed E-state index contributed by atoms with van der Waals surface area (Å²) in [5.41, 5.74) is 2.08. The third-order valence-electron chi connectivity index (χ3n) is 1.93. The van der Waals surface area contributed by atoms with Crippen molar-refractivity contribution in [3.63, 3.8) is 0 Å². The molecule has 0 radical (unpaired) electrons. The Morgan fingerprint density at radius 1 is 0.692 bits per heavy atom. The zero-order chi connectivity index (χ0) is 9.80. The third-order valence-corrected chi connectivity index (χ3v) is 1.93. The minimum atomic E-state index is -0.266. The molecule has 0 heterocycles. The molecule has 2 aromatic rings. The van der Waals surface area contributed by atoms with Gasteiger partial charge in [-0.25, -0.2) is 0 Å². The van der Waals surface area contributed by atoms with E-state index >= 15 is 0 Å². The van der Waals surface area contributed by atoms with Gasteiger partial charge in [0.05, 0.1) is 0 Å². The van der Waals surface area contributed by atoms with Gasteiger partial charge >= 0.3 is 0 Å². The van der Waals surface area contributed by atoms with Gasteiger partial charge in [-0.15, -0.1) is 0 Å². The van der Waals surface area contributed by atoms with Crippen molar-refractivity contribution in [2.24, 2.45) is 0 Å². The van der Waals surface area contributed by atoms with Crippen molar-refractivity contribution in [2.75, 3.05) is 0 Å². The minimum absolute atomic E-state index is 0.266. The van der Waals surface area contributed by atoms with Crippen molar-refractivity contribution < 1.29 is 1.37 Å². The molecule has 0 saturated heterocycles. The second-order valence-electron chi connectivity index (χ2n) is 2.97. The Bertz CT molecular complexity index is 341. The van der Waals surface area contributed by atoms with E-state index in [9.17, 15) is 0 Å². The van der Waals surface area contributed by atoms with Crippen LogP contribution in [0.4, 0.5) is 0 Å². The van der Waals surface area contributed by atoms with Gasteiger partial charge in [0.2, 0.25) is 0 Å². The lowest BCUT2D eigenvalue weighted by atomic mass is 10.1. The van der Waals surface area contributed by atoms with E-state index < -0.39 is 0 Å². The van der Waals surface area contributed by atoms with E-state index in [0.29, 0.717) is 0 Å². The summed E-state index contributed by atoms with van der Waals surface area (Å²) in [5, 5.41) is 0. The van der Waals surface area contributed by atoms with Crippen molar-refractivity contribution in [3.05, 3.63) is 71.8 Å². The average Bonchev–Trinajstić information content (AvgIpc) is 2.30. The molecule has 2 aromatic carbocycles. The zero-order valence-corrected chi connectivity index (χ0v) is 7.35. The smallest absolute Gasteiger partial charge is 0.0366 e. The minimum Gasteiger partial charge on any atom is -0.0622 e. The van der Waals surface area contributed by atoms with Gasteiger partial charge in [0, 0.05) is 1.37 Å². The molecule has 0 unspecified atom stereocenters. The Morgan fingerprint density at radius 2 is 1.08 bits per heavy atom. The quantitative estimate of drug-likeness (QED) is 0.649. The molecule has 0 heteroatoms. The highest BCUT2D eigenvalue weighted by Crippen LogP contribution is 2.07. The lowest BCUT2D eigenvalue weighted by Gasteiger charge is -2.00. The molecule has 64 valence electrons. The fourth-order valence-corrected chi connectivity index (χ4v) is 1.29. The first-order chi connectivity index (χ1) is 6.88. The molecule has 13 heavy (non-hydrogen) atoms. The van der Waals surface area contributed by atoms with Gasteiger partial charge in [0.25, 0.3) is 0 Å². The number of hydrogen-bond acceptors (Lipinski definition) is 0. The van der Waals surface area contributed by atoms with Crippen LogP contribution in [0.2, 0.25) is 0 Å². The topological polar surface area (TPSA) is 0 Å². The Labute approximate surface area is 80.3 Å². The van der Waals surface area contributed by atoms with Crippen LogP contribution >= 0.6 is 0 Å². The molecule has 0 aliphatic rings. The van der Waals surface area contributed by atoms with E-state index in [1.165, 1.54) is 0 Å². The first kappa shape index (κ1) is 6.90. The zero-order valence-electron chi connectivity index (χ0n) is 8.35. The van der Waals surface area contributed by atoms with E-state index in [-0.39, 0.29) is 6.40 Å². The van der Waals surface area contributed by atoms with Crippen LogP contribution in [0.5, 0.6) is 0 Å². The molecular formula is C13H12. The molecule has 2 rings (SSSR count). The molecule has 0 atom stereocenters. The van der Waals surface area contributed by atoms with Gasteiger partial charge in [-0.3, -0.25) is 0 Å². The summed E-state index contributed by atoms with van der Waals surface area (Å²) in [6, 6.07) is 19.8. The Hall–Kier alpha value is -1.56. The van der Waals surface area contributed by atoms with Gasteiger partial charge in [-0.05, 0) is 17.5 Å². The van der Waals surface area contributed by atoms with Crippen LogP contribution < -0.4 is 0 Å². The lowest BCUT2D eigenvalue weighted by molar-refractivity contribution is 1.19. The van der Waals surface area contributed by atoms with Gasteiger partial charge in [-0.1, -0.05) is 60.7 Å².